The predicted molar refractivity (Wildman–Crippen MR) is 69.6 cm³/mol. The Morgan fingerprint density at radius 1 is 1.29 bits per heavy atom. The number of nitrogens with zero attached hydrogens (tertiary/aromatic N) is 3. The van der Waals surface area contributed by atoms with E-state index < -0.39 is 0 Å². The third-order valence-electron chi connectivity index (χ3n) is 2.65. The zero-order chi connectivity index (χ0) is 12.7. The van der Waals surface area contributed by atoms with E-state index in [-0.39, 0.29) is 0 Å². The number of nitrogens with one attached hydrogen (secondary N) is 1. The van der Waals surface area contributed by atoms with Crippen LogP contribution in [0.3, 0.4) is 0 Å². The molecule has 0 spiro atoms. The highest BCUT2D eigenvalue weighted by Crippen LogP contribution is 2.10. The van der Waals surface area contributed by atoms with Gasteiger partial charge >= 0.3 is 0 Å². The summed E-state index contributed by atoms with van der Waals surface area (Å²) in [5, 5.41) is 3.22. The van der Waals surface area contributed by atoms with Crippen molar-refractivity contribution < 1.29 is 4.74 Å². The number of hydrogen-bond acceptors (Lipinski definition) is 5. The van der Waals surface area contributed by atoms with Crippen molar-refractivity contribution in [3.8, 4) is 5.88 Å². The van der Waals surface area contributed by atoms with Gasteiger partial charge in [-0.3, -0.25) is 0 Å². The summed E-state index contributed by atoms with van der Waals surface area (Å²) in [5.41, 5.74) is 0.905. The number of ether oxygens (including phenoxy) is 1. The van der Waals surface area contributed by atoms with Gasteiger partial charge < -0.3 is 15.0 Å². The Kier molecular flexibility index (Phi) is 5.69. The SMILES string of the molecule is CCN(CC)CCNc1nc(C)cc(OC)n1. The van der Waals surface area contributed by atoms with Gasteiger partial charge in [0.1, 0.15) is 0 Å². The second-order valence-electron chi connectivity index (χ2n) is 3.83. The van der Waals surface area contributed by atoms with Gasteiger partial charge in [0.2, 0.25) is 11.8 Å². The first-order valence-electron chi connectivity index (χ1n) is 6.05. The van der Waals surface area contributed by atoms with Crippen LogP contribution in [-0.4, -0.2) is 48.2 Å². The Morgan fingerprint density at radius 2 is 2.00 bits per heavy atom. The summed E-state index contributed by atoms with van der Waals surface area (Å²) in [7, 11) is 1.61. The molecule has 1 aromatic rings. The third-order valence-corrected chi connectivity index (χ3v) is 2.65. The highest BCUT2D eigenvalue weighted by atomic mass is 16.5. The van der Waals surface area contributed by atoms with E-state index in [0.717, 1.165) is 31.9 Å². The molecule has 5 nitrogen and oxygen atoms in total. The average molecular weight is 238 g/mol. The van der Waals surface area contributed by atoms with Crippen LogP contribution in [0.2, 0.25) is 0 Å². The minimum absolute atomic E-state index is 0.600. The molecule has 0 atom stereocenters. The molecule has 96 valence electrons. The standard InChI is InChI=1S/C12H22N4O/c1-5-16(6-2)8-7-13-12-14-10(3)9-11(15-12)17-4/h9H,5-8H2,1-4H3,(H,13,14,15). The fourth-order valence-corrected chi connectivity index (χ4v) is 1.59. The largest absolute Gasteiger partial charge is 0.481 e. The number of aryl methyl sites for hydroxylation is 1. The summed E-state index contributed by atoms with van der Waals surface area (Å²) < 4.78 is 5.10. The fraction of sp³-hybridized carbons (Fsp3) is 0.667. The maximum Gasteiger partial charge on any atom is 0.226 e. The van der Waals surface area contributed by atoms with Crippen LogP contribution >= 0.6 is 0 Å². The molecule has 17 heavy (non-hydrogen) atoms. The number of likely N-dealkylation sites (N-methyl/N-ethyl adjacent to an activating group) is 1. The third kappa shape index (κ3) is 4.56. The quantitative estimate of drug-likeness (QED) is 0.781. The van der Waals surface area contributed by atoms with Crippen molar-refractivity contribution in [1.29, 1.82) is 0 Å². The van der Waals surface area contributed by atoms with Gasteiger partial charge in [0.15, 0.2) is 0 Å². The molecule has 0 aliphatic rings. The molecule has 0 unspecified atom stereocenters. The van der Waals surface area contributed by atoms with Gasteiger partial charge in [-0.2, -0.15) is 4.98 Å². The minimum atomic E-state index is 0.600. The van der Waals surface area contributed by atoms with Crippen molar-refractivity contribution in [3.05, 3.63) is 11.8 Å². The topological polar surface area (TPSA) is 50.3 Å². The van der Waals surface area contributed by atoms with Crippen LogP contribution in [0.1, 0.15) is 19.5 Å². The molecule has 0 aliphatic carbocycles. The molecular formula is C12H22N4O. The molecule has 1 heterocycles. The second-order valence-corrected chi connectivity index (χ2v) is 3.83. The molecule has 0 saturated heterocycles. The van der Waals surface area contributed by atoms with E-state index in [4.69, 9.17) is 4.74 Å². The van der Waals surface area contributed by atoms with Crippen LogP contribution in [0.25, 0.3) is 0 Å². The first-order valence-corrected chi connectivity index (χ1v) is 6.05. The Morgan fingerprint density at radius 3 is 2.59 bits per heavy atom. The maximum absolute atomic E-state index is 5.10. The Bertz CT molecular complexity index is 339. The monoisotopic (exact) mass is 238 g/mol. The smallest absolute Gasteiger partial charge is 0.226 e. The van der Waals surface area contributed by atoms with Crippen molar-refractivity contribution >= 4 is 5.95 Å². The van der Waals surface area contributed by atoms with Gasteiger partial charge in [-0.1, -0.05) is 13.8 Å². The molecule has 0 bridgehead atoms. The normalized spacial score (nSPS) is 10.6. The lowest BCUT2D eigenvalue weighted by Gasteiger charge is -2.18. The van der Waals surface area contributed by atoms with E-state index in [0.29, 0.717) is 11.8 Å². The molecule has 1 aromatic heterocycles. The summed E-state index contributed by atoms with van der Waals surface area (Å²) >= 11 is 0. The van der Waals surface area contributed by atoms with Gasteiger partial charge in [0.25, 0.3) is 0 Å². The molecule has 0 saturated carbocycles. The van der Waals surface area contributed by atoms with Crippen LogP contribution in [-0.2, 0) is 0 Å². The van der Waals surface area contributed by atoms with Crippen LogP contribution in [0, 0.1) is 6.92 Å². The van der Waals surface area contributed by atoms with Crippen LogP contribution in [0.4, 0.5) is 5.95 Å². The summed E-state index contributed by atoms with van der Waals surface area (Å²) in [4.78, 5) is 10.9. The molecule has 0 aromatic carbocycles. The molecule has 1 N–H and O–H groups in total. The van der Waals surface area contributed by atoms with E-state index in [9.17, 15) is 0 Å². The Hall–Kier alpha value is -1.36. The number of methoxy groups -OCH3 is 1. The fourth-order valence-electron chi connectivity index (χ4n) is 1.59. The second kappa shape index (κ2) is 7.06. The molecule has 5 heteroatoms. The maximum atomic E-state index is 5.10. The first-order chi connectivity index (χ1) is 8.19. The van der Waals surface area contributed by atoms with Crippen molar-refractivity contribution in [2.75, 3.05) is 38.6 Å². The predicted octanol–water partition coefficient (Wildman–Crippen LogP) is 1.55. The van der Waals surface area contributed by atoms with Gasteiger partial charge in [-0.15, -0.1) is 0 Å². The number of anilines is 1. The van der Waals surface area contributed by atoms with E-state index in [2.05, 4.69) is 34.0 Å². The summed E-state index contributed by atoms with van der Waals surface area (Å²) in [5.74, 6) is 1.23. The van der Waals surface area contributed by atoms with E-state index in [1.165, 1.54) is 0 Å². The van der Waals surface area contributed by atoms with E-state index >= 15 is 0 Å². The van der Waals surface area contributed by atoms with Crippen LogP contribution in [0.15, 0.2) is 6.07 Å². The number of aromatic nitrogens is 2. The van der Waals surface area contributed by atoms with Crippen molar-refractivity contribution in [2.45, 2.75) is 20.8 Å². The zero-order valence-corrected chi connectivity index (χ0v) is 11.2. The molecule has 0 amide bonds. The highest BCUT2D eigenvalue weighted by Gasteiger charge is 2.03. The van der Waals surface area contributed by atoms with Gasteiger partial charge in [-0.25, -0.2) is 4.98 Å². The first kappa shape index (κ1) is 13.7. The van der Waals surface area contributed by atoms with Crippen molar-refractivity contribution in [2.24, 2.45) is 0 Å². The van der Waals surface area contributed by atoms with Crippen molar-refractivity contribution in [3.63, 3.8) is 0 Å². The summed E-state index contributed by atoms with van der Waals surface area (Å²) in [6, 6.07) is 1.82. The zero-order valence-electron chi connectivity index (χ0n) is 11.2. The lowest BCUT2D eigenvalue weighted by molar-refractivity contribution is 0.315. The Labute approximate surface area is 103 Å². The van der Waals surface area contributed by atoms with Crippen LogP contribution < -0.4 is 10.1 Å². The Balaban J connectivity index is 2.48. The number of hydrogen-bond donors (Lipinski definition) is 1. The number of rotatable bonds is 7. The lowest BCUT2D eigenvalue weighted by atomic mass is 10.4. The lowest BCUT2D eigenvalue weighted by Crippen LogP contribution is -2.29. The average Bonchev–Trinajstić information content (AvgIpc) is 2.34. The molecule has 0 fully saturated rings. The molecule has 0 aliphatic heterocycles. The van der Waals surface area contributed by atoms with Gasteiger partial charge in [0, 0.05) is 24.8 Å². The van der Waals surface area contributed by atoms with E-state index in [1.54, 1.807) is 7.11 Å². The summed E-state index contributed by atoms with van der Waals surface area (Å²) in [6.07, 6.45) is 0. The van der Waals surface area contributed by atoms with Gasteiger partial charge in [0.05, 0.1) is 7.11 Å². The van der Waals surface area contributed by atoms with Gasteiger partial charge in [-0.05, 0) is 20.0 Å². The minimum Gasteiger partial charge on any atom is -0.481 e. The van der Waals surface area contributed by atoms with Crippen LogP contribution in [0.5, 0.6) is 5.88 Å². The molecule has 0 radical (unpaired) electrons. The summed E-state index contributed by atoms with van der Waals surface area (Å²) in [6.45, 7) is 10.2. The van der Waals surface area contributed by atoms with E-state index in [1.807, 2.05) is 13.0 Å². The highest BCUT2D eigenvalue weighted by molar-refractivity contribution is 5.30. The molecular weight excluding hydrogens is 216 g/mol. The van der Waals surface area contributed by atoms with Crippen molar-refractivity contribution in [1.82, 2.24) is 14.9 Å². The molecule has 1 rings (SSSR count).